The Bertz CT molecular complexity index is 720. The van der Waals surface area contributed by atoms with Gasteiger partial charge in [0.25, 0.3) is 0 Å². The van der Waals surface area contributed by atoms with Crippen molar-refractivity contribution in [1.82, 2.24) is 4.90 Å². The molecule has 23 heavy (non-hydrogen) atoms. The number of carbonyl (C=O) groups excluding carboxylic acids is 1. The highest BCUT2D eigenvalue weighted by molar-refractivity contribution is 6.10. The summed E-state index contributed by atoms with van der Waals surface area (Å²) >= 11 is 0. The van der Waals surface area contributed by atoms with Gasteiger partial charge in [0.1, 0.15) is 0 Å². The first-order valence-electron chi connectivity index (χ1n) is 7.48. The molecular formula is C18H16F3NO. The van der Waals surface area contributed by atoms with Gasteiger partial charge in [0.05, 0.1) is 5.56 Å². The first-order valence-corrected chi connectivity index (χ1v) is 7.48. The summed E-state index contributed by atoms with van der Waals surface area (Å²) in [6.45, 7) is 2.51. The monoisotopic (exact) mass is 319 g/mol. The molecule has 0 aromatic heterocycles. The number of rotatable bonds is 4. The van der Waals surface area contributed by atoms with E-state index in [1.807, 2.05) is 12.1 Å². The van der Waals surface area contributed by atoms with E-state index in [1.54, 1.807) is 12.1 Å². The summed E-state index contributed by atoms with van der Waals surface area (Å²) in [4.78, 5) is 14.9. The highest BCUT2D eigenvalue weighted by atomic mass is 19.4. The number of hydrogen-bond donors (Lipinski definition) is 0. The zero-order valence-corrected chi connectivity index (χ0v) is 12.4. The van der Waals surface area contributed by atoms with Crippen LogP contribution in [0.4, 0.5) is 13.2 Å². The molecule has 0 unspecified atom stereocenters. The van der Waals surface area contributed by atoms with Gasteiger partial charge in [0.15, 0.2) is 5.78 Å². The number of carbonyl (C=O) groups is 1. The number of ketones is 1. The summed E-state index contributed by atoms with van der Waals surface area (Å²) in [5.74, 6) is -0.575. The number of likely N-dealkylation sites (tertiary alicyclic amines) is 1. The molecule has 1 aliphatic rings. The molecule has 0 N–H and O–H groups in total. The molecule has 2 aromatic rings. The van der Waals surface area contributed by atoms with Crippen LogP contribution in [0.1, 0.15) is 33.5 Å². The van der Waals surface area contributed by atoms with Gasteiger partial charge in [-0.25, -0.2) is 0 Å². The molecule has 1 fully saturated rings. The van der Waals surface area contributed by atoms with Crippen molar-refractivity contribution in [2.75, 3.05) is 13.1 Å². The molecule has 0 spiro atoms. The Morgan fingerprint density at radius 2 is 1.57 bits per heavy atom. The average Bonchev–Trinajstić information content (AvgIpc) is 2.50. The maximum absolute atomic E-state index is 13.1. The predicted molar refractivity (Wildman–Crippen MR) is 81.2 cm³/mol. The van der Waals surface area contributed by atoms with E-state index in [9.17, 15) is 18.0 Å². The van der Waals surface area contributed by atoms with Crippen LogP contribution in [-0.2, 0) is 12.7 Å². The molecule has 2 nitrogen and oxygen atoms in total. The van der Waals surface area contributed by atoms with Gasteiger partial charge in [-0.05, 0) is 31.1 Å². The molecule has 120 valence electrons. The summed E-state index contributed by atoms with van der Waals surface area (Å²) in [7, 11) is 0. The molecule has 1 aliphatic heterocycles. The van der Waals surface area contributed by atoms with E-state index in [-0.39, 0.29) is 5.56 Å². The van der Waals surface area contributed by atoms with E-state index in [4.69, 9.17) is 0 Å². The second kappa shape index (κ2) is 6.16. The molecule has 0 atom stereocenters. The lowest BCUT2D eigenvalue weighted by molar-refractivity contribution is -0.137. The van der Waals surface area contributed by atoms with Crippen LogP contribution < -0.4 is 0 Å². The van der Waals surface area contributed by atoms with Gasteiger partial charge < -0.3 is 0 Å². The van der Waals surface area contributed by atoms with Crippen molar-refractivity contribution >= 4 is 5.78 Å². The number of halogens is 3. The van der Waals surface area contributed by atoms with Crippen LogP contribution in [-0.4, -0.2) is 23.8 Å². The second-order valence-corrected chi connectivity index (χ2v) is 5.66. The van der Waals surface area contributed by atoms with E-state index in [0.717, 1.165) is 31.1 Å². The van der Waals surface area contributed by atoms with Crippen LogP contribution in [0.15, 0.2) is 48.5 Å². The zero-order chi connectivity index (χ0) is 16.4. The normalized spacial score (nSPS) is 15.3. The predicted octanol–water partition coefficient (Wildman–Crippen LogP) is 4.14. The molecule has 0 bridgehead atoms. The minimum atomic E-state index is -4.54. The summed E-state index contributed by atoms with van der Waals surface area (Å²) in [6.07, 6.45) is -3.42. The Balaban J connectivity index is 1.98. The largest absolute Gasteiger partial charge is 0.417 e. The first-order chi connectivity index (χ1) is 11.0. The van der Waals surface area contributed by atoms with Crippen molar-refractivity contribution in [2.24, 2.45) is 0 Å². The lowest BCUT2D eigenvalue weighted by Crippen LogP contribution is -2.36. The maximum atomic E-state index is 13.1. The van der Waals surface area contributed by atoms with E-state index >= 15 is 0 Å². The molecule has 5 heteroatoms. The molecule has 1 saturated heterocycles. The lowest BCUT2D eigenvalue weighted by Gasteiger charge is -2.31. The number of nitrogens with zero attached hydrogens (tertiary/aromatic N) is 1. The Kier molecular flexibility index (Phi) is 4.22. The van der Waals surface area contributed by atoms with Crippen molar-refractivity contribution < 1.29 is 18.0 Å². The molecule has 3 rings (SSSR count). The fourth-order valence-electron chi connectivity index (χ4n) is 2.73. The molecule has 0 aliphatic carbocycles. The quantitative estimate of drug-likeness (QED) is 0.789. The van der Waals surface area contributed by atoms with Crippen LogP contribution in [0.25, 0.3) is 0 Å². The second-order valence-electron chi connectivity index (χ2n) is 5.66. The van der Waals surface area contributed by atoms with Crippen LogP contribution in [0.3, 0.4) is 0 Å². The van der Waals surface area contributed by atoms with Crippen molar-refractivity contribution in [3.05, 3.63) is 70.8 Å². The third-order valence-electron chi connectivity index (χ3n) is 4.08. The smallest absolute Gasteiger partial charge is 0.299 e. The summed E-state index contributed by atoms with van der Waals surface area (Å²) in [5, 5.41) is 0. The van der Waals surface area contributed by atoms with Gasteiger partial charge in [-0.3, -0.25) is 9.69 Å². The Hall–Kier alpha value is -2.14. The number of alkyl halides is 3. The van der Waals surface area contributed by atoms with Gasteiger partial charge in [-0.2, -0.15) is 13.2 Å². The fourth-order valence-corrected chi connectivity index (χ4v) is 2.73. The van der Waals surface area contributed by atoms with Gasteiger partial charge in [0.2, 0.25) is 0 Å². The Labute approximate surface area is 132 Å². The molecule has 0 amide bonds. The third kappa shape index (κ3) is 3.29. The third-order valence-corrected chi connectivity index (χ3v) is 4.08. The molecule has 0 saturated carbocycles. The molecular weight excluding hydrogens is 303 g/mol. The molecule has 1 heterocycles. The van der Waals surface area contributed by atoms with E-state index in [0.29, 0.717) is 12.1 Å². The highest BCUT2D eigenvalue weighted by Crippen LogP contribution is 2.33. The number of hydrogen-bond acceptors (Lipinski definition) is 2. The van der Waals surface area contributed by atoms with Crippen LogP contribution in [0, 0.1) is 0 Å². The van der Waals surface area contributed by atoms with E-state index < -0.39 is 17.5 Å². The lowest BCUT2D eigenvalue weighted by atomic mass is 9.94. The topological polar surface area (TPSA) is 20.3 Å². The van der Waals surface area contributed by atoms with Gasteiger partial charge in [0, 0.05) is 17.7 Å². The first kappa shape index (κ1) is 15.7. The van der Waals surface area contributed by atoms with Crippen LogP contribution in [0.5, 0.6) is 0 Å². The van der Waals surface area contributed by atoms with E-state index in [1.165, 1.54) is 18.2 Å². The van der Waals surface area contributed by atoms with Gasteiger partial charge in [-0.1, -0.05) is 42.5 Å². The van der Waals surface area contributed by atoms with Crippen LogP contribution >= 0.6 is 0 Å². The van der Waals surface area contributed by atoms with Crippen molar-refractivity contribution in [1.29, 1.82) is 0 Å². The zero-order valence-electron chi connectivity index (χ0n) is 12.4. The van der Waals surface area contributed by atoms with Crippen molar-refractivity contribution in [3.8, 4) is 0 Å². The minimum absolute atomic E-state index is 0.295. The summed E-state index contributed by atoms with van der Waals surface area (Å²) in [6, 6.07) is 11.8. The highest BCUT2D eigenvalue weighted by Gasteiger charge is 2.35. The Morgan fingerprint density at radius 1 is 0.957 bits per heavy atom. The summed E-state index contributed by atoms with van der Waals surface area (Å²) in [5.41, 5.74) is -0.0647. The average molecular weight is 319 g/mol. The van der Waals surface area contributed by atoms with Crippen LogP contribution in [0.2, 0.25) is 0 Å². The fraction of sp³-hybridized carbons (Fsp3) is 0.278. The standard InChI is InChI=1S/C18H16F3NO/c19-18(20,21)16-9-4-3-8-15(16)17(23)14-7-2-1-6-13(14)12-22-10-5-11-22/h1-4,6-9H,5,10-12H2. The molecule has 0 radical (unpaired) electrons. The maximum Gasteiger partial charge on any atom is 0.417 e. The van der Waals surface area contributed by atoms with Crippen molar-refractivity contribution in [2.45, 2.75) is 19.1 Å². The Morgan fingerprint density at radius 3 is 2.17 bits per heavy atom. The van der Waals surface area contributed by atoms with Gasteiger partial charge >= 0.3 is 6.18 Å². The minimum Gasteiger partial charge on any atom is -0.299 e. The number of benzene rings is 2. The van der Waals surface area contributed by atoms with E-state index in [2.05, 4.69) is 4.90 Å². The SMILES string of the molecule is O=C(c1ccccc1CN1CCC1)c1ccccc1C(F)(F)F. The van der Waals surface area contributed by atoms with Gasteiger partial charge in [-0.15, -0.1) is 0 Å². The van der Waals surface area contributed by atoms with Crippen molar-refractivity contribution in [3.63, 3.8) is 0 Å². The summed E-state index contributed by atoms with van der Waals surface area (Å²) < 4.78 is 39.4. The molecule has 2 aromatic carbocycles.